The van der Waals surface area contributed by atoms with Crippen LogP contribution in [-0.2, 0) is 0 Å². The molecule has 1 aromatic heterocycles. The molecule has 1 unspecified atom stereocenters. The second-order valence-corrected chi connectivity index (χ2v) is 4.49. The van der Waals surface area contributed by atoms with E-state index in [9.17, 15) is 4.79 Å². The summed E-state index contributed by atoms with van der Waals surface area (Å²) in [5, 5.41) is 9.07. The molecule has 94 valence electrons. The van der Waals surface area contributed by atoms with E-state index in [2.05, 4.69) is 32.3 Å². The number of H-pyrrole nitrogens is 1. The van der Waals surface area contributed by atoms with Crippen molar-refractivity contribution in [1.82, 2.24) is 25.4 Å². The Bertz CT molecular complexity index is 345. The van der Waals surface area contributed by atoms with Crippen molar-refractivity contribution in [2.75, 3.05) is 19.6 Å². The molecule has 2 rings (SSSR count). The van der Waals surface area contributed by atoms with Gasteiger partial charge in [-0.05, 0) is 32.9 Å². The zero-order valence-corrected chi connectivity index (χ0v) is 10.1. The molecule has 0 aromatic carbocycles. The van der Waals surface area contributed by atoms with Crippen LogP contribution in [0.4, 0.5) is 0 Å². The maximum Gasteiger partial charge on any atom is 0.288 e. The monoisotopic (exact) mass is 237 g/mol. The molecule has 1 atom stereocenters. The summed E-state index contributed by atoms with van der Waals surface area (Å²) in [6.07, 6.45) is 5.19. The molecule has 0 bridgehead atoms. The van der Waals surface area contributed by atoms with Gasteiger partial charge in [0.1, 0.15) is 6.33 Å². The van der Waals surface area contributed by atoms with Gasteiger partial charge in [-0.25, -0.2) is 4.98 Å². The van der Waals surface area contributed by atoms with Crippen LogP contribution in [0, 0.1) is 0 Å². The van der Waals surface area contributed by atoms with Crippen molar-refractivity contribution in [3.05, 3.63) is 12.2 Å². The number of aromatic amines is 1. The first-order valence-electron chi connectivity index (χ1n) is 6.15. The number of rotatable bonds is 4. The Labute approximate surface area is 101 Å². The minimum Gasteiger partial charge on any atom is -0.348 e. The van der Waals surface area contributed by atoms with Gasteiger partial charge in [0.2, 0.25) is 5.82 Å². The maximum atomic E-state index is 11.6. The highest BCUT2D eigenvalue weighted by Gasteiger charge is 2.17. The maximum absolute atomic E-state index is 11.6. The Hall–Kier alpha value is -1.43. The smallest absolute Gasteiger partial charge is 0.288 e. The van der Waals surface area contributed by atoms with Crippen molar-refractivity contribution in [3.8, 4) is 0 Å². The topological polar surface area (TPSA) is 73.9 Å². The van der Waals surface area contributed by atoms with Gasteiger partial charge in [-0.3, -0.25) is 14.8 Å². The van der Waals surface area contributed by atoms with Gasteiger partial charge in [-0.1, -0.05) is 6.42 Å². The molecule has 6 heteroatoms. The summed E-state index contributed by atoms with van der Waals surface area (Å²) in [6, 6.07) is 0.377. The summed E-state index contributed by atoms with van der Waals surface area (Å²) >= 11 is 0. The number of amides is 1. The summed E-state index contributed by atoms with van der Waals surface area (Å²) < 4.78 is 0. The highest BCUT2D eigenvalue weighted by Crippen LogP contribution is 2.11. The minimum atomic E-state index is -0.189. The Morgan fingerprint density at radius 3 is 2.94 bits per heavy atom. The van der Waals surface area contributed by atoms with E-state index < -0.39 is 0 Å². The standard InChI is InChI=1S/C11H19N5O/c1-9(16-5-3-2-4-6-16)7-12-11(17)10-13-8-14-15-10/h8-9H,2-7H2,1H3,(H,12,17)(H,13,14,15). The molecule has 1 fully saturated rings. The Kier molecular flexibility index (Phi) is 4.08. The number of hydrogen-bond acceptors (Lipinski definition) is 4. The molecule has 1 aliphatic rings. The number of likely N-dealkylation sites (tertiary alicyclic amines) is 1. The van der Waals surface area contributed by atoms with E-state index in [1.54, 1.807) is 0 Å². The van der Waals surface area contributed by atoms with Gasteiger partial charge in [-0.15, -0.1) is 0 Å². The molecular weight excluding hydrogens is 218 g/mol. The van der Waals surface area contributed by atoms with Crippen LogP contribution in [0.25, 0.3) is 0 Å². The Balaban J connectivity index is 1.75. The molecule has 0 spiro atoms. The van der Waals surface area contributed by atoms with Gasteiger partial charge >= 0.3 is 0 Å². The fourth-order valence-corrected chi connectivity index (χ4v) is 2.13. The van der Waals surface area contributed by atoms with Gasteiger partial charge in [0.25, 0.3) is 5.91 Å². The van der Waals surface area contributed by atoms with Gasteiger partial charge in [-0.2, -0.15) is 5.10 Å². The quantitative estimate of drug-likeness (QED) is 0.795. The second kappa shape index (κ2) is 5.77. The molecule has 0 aliphatic carbocycles. The van der Waals surface area contributed by atoms with Crippen molar-refractivity contribution < 1.29 is 4.79 Å². The number of nitrogens with zero attached hydrogens (tertiary/aromatic N) is 3. The molecule has 6 nitrogen and oxygen atoms in total. The molecule has 1 aliphatic heterocycles. The van der Waals surface area contributed by atoms with Crippen LogP contribution in [0.1, 0.15) is 36.8 Å². The lowest BCUT2D eigenvalue weighted by atomic mass is 10.1. The molecule has 2 N–H and O–H groups in total. The third kappa shape index (κ3) is 3.26. The lowest BCUT2D eigenvalue weighted by Gasteiger charge is -2.32. The molecule has 1 aromatic rings. The van der Waals surface area contributed by atoms with Gasteiger partial charge in [0.05, 0.1) is 0 Å². The highest BCUT2D eigenvalue weighted by molar-refractivity contribution is 5.90. The van der Waals surface area contributed by atoms with E-state index in [0.29, 0.717) is 12.6 Å². The van der Waals surface area contributed by atoms with E-state index in [1.165, 1.54) is 25.6 Å². The van der Waals surface area contributed by atoms with E-state index >= 15 is 0 Å². The predicted octanol–water partition coefficient (Wildman–Crippen LogP) is 0.409. The lowest BCUT2D eigenvalue weighted by molar-refractivity contribution is 0.0920. The molecule has 1 amide bonds. The first-order chi connectivity index (χ1) is 8.27. The summed E-state index contributed by atoms with van der Waals surface area (Å²) in [6.45, 7) is 5.07. The molecule has 0 radical (unpaired) electrons. The molecule has 2 heterocycles. The number of piperidine rings is 1. The highest BCUT2D eigenvalue weighted by atomic mass is 16.2. The van der Waals surface area contributed by atoms with Crippen molar-refractivity contribution in [3.63, 3.8) is 0 Å². The minimum absolute atomic E-state index is 0.189. The average Bonchev–Trinajstić information content (AvgIpc) is 2.90. The first-order valence-corrected chi connectivity index (χ1v) is 6.15. The summed E-state index contributed by atoms with van der Waals surface area (Å²) in [5.74, 6) is 0.0854. The third-order valence-electron chi connectivity index (χ3n) is 3.20. The number of aromatic nitrogens is 3. The van der Waals surface area contributed by atoms with Crippen LogP contribution in [-0.4, -0.2) is 51.7 Å². The fourth-order valence-electron chi connectivity index (χ4n) is 2.13. The summed E-state index contributed by atoms with van der Waals surface area (Å²) in [7, 11) is 0. The number of nitrogens with one attached hydrogen (secondary N) is 2. The van der Waals surface area contributed by atoms with Crippen molar-refractivity contribution >= 4 is 5.91 Å². The van der Waals surface area contributed by atoms with E-state index in [4.69, 9.17) is 0 Å². The summed E-state index contributed by atoms with van der Waals surface area (Å²) in [5.41, 5.74) is 0. The van der Waals surface area contributed by atoms with Gasteiger partial charge < -0.3 is 5.32 Å². The third-order valence-corrected chi connectivity index (χ3v) is 3.20. The normalized spacial score (nSPS) is 18.9. The number of carbonyl (C=O) groups is 1. The molecule has 17 heavy (non-hydrogen) atoms. The number of carbonyl (C=O) groups excluding carboxylic acids is 1. The van der Waals surface area contributed by atoms with Crippen LogP contribution >= 0.6 is 0 Å². The van der Waals surface area contributed by atoms with Gasteiger partial charge in [0, 0.05) is 12.6 Å². The van der Waals surface area contributed by atoms with E-state index in [0.717, 1.165) is 13.1 Å². The largest absolute Gasteiger partial charge is 0.348 e. The number of hydrogen-bond donors (Lipinski definition) is 2. The molecule has 1 saturated heterocycles. The van der Waals surface area contributed by atoms with Crippen LogP contribution in [0.15, 0.2) is 6.33 Å². The first kappa shape index (κ1) is 12.0. The second-order valence-electron chi connectivity index (χ2n) is 4.49. The van der Waals surface area contributed by atoms with E-state index in [-0.39, 0.29) is 11.7 Å². The van der Waals surface area contributed by atoms with Crippen LogP contribution in [0.2, 0.25) is 0 Å². The van der Waals surface area contributed by atoms with Crippen LogP contribution in [0.3, 0.4) is 0 Å². The van der Waals surface area contributed by atoms with Crippen molar-refractivity contribution in [2.24, 2.45) is 0 Å². The Morgan fingerprint density at radius 2 is 2.29 bits per heavy atom. The van der Waals surface area contributed by atoms with Crippen LogP contribution in [0.5, 0.6) is 0 Å². The predicted molar refractivity (Wildman–Crippen MR) is 63.6 cm³/mol. The summed E-state index contributed by atoms with van der Waals surface area (Å²) in [4.78, 5) is 17.9. The SMILES string of the molecule is CC(CNC(=O)c1ncn[nH]1)N1CCCCC1. The zero-order valence-electron chi connectivity index (χ0n) is 10.1. The van der Waals surface area contributed by atoms with E-state index in [1.807, 2.05) is 0 Å². The average molecular weight is 237 g/mol. The molecule has 0 saturated carbocycles. The zero-order chi connectivity index (χ0) is 12.1. The molecular formula is C11H19N5O. The Morgan fingerprint density at radius 1 is 1.53 bits per heavy atom. The van der Waals surface area contributed by atoms with Crippen molar-refractivity contribution in [1.29, 1.82) is 0 Å². The van der Waals surface area contributed by atoms with Crippen molar-refractivity contribution in [2.45, 2.75) is 32.2 Å². The van der Waals surface area contributed by atoms with Crippen LogP contribution < -0.4 is 5.32 Å². The van der Waals surface area contributed by atoms with Gasteiger partial charge in [0.15, 0.2) is 0 Å². The fraction of sp³-hybridized carbons (Fsp3) is 0.727. The lowest BCUT2D eigenvalue weighted by Crippen LogP contribution is -2.44.